The lowest BCUT2D eigenvalue weighted by molar-refractivity contribution is 0.773. The monoisotopic (exact) mass is 267 g/mol. The minimum absolute atomic E-state index is 0.712. The van der Waals surface area contributed by atoms with Crippen molar-refractivity contribution in [2.45, 2.75) is 23.0 Å². The summed E-state index contributed by atoms with van der Waals surface area (Å²) >= 11 is 2.06. The summed E-state index contributed by atoms with van der Waals surface area (Å²) in [6.07, 6.45) is 2.43. The number of benzene rings is 2. The smallest absolute Gasteiger partial charge is 0.0399 e. The lowest BCUT2D eigenvalue weighted by Crippen LogP contribution is -2.29. The van der Waals surface area contributed by atoms with E-state index in [2.05, 4.69) is 65.2 Å². The first-order valence-corrected chi connectivity index (χ1v) is 7.85. The van der Waals surface area contributed by atoms with E-state index in [1.165, 1.54) is 47.6 Å². The topological polar surface area (TPSA) is 3.24 Å². The third-order valence-corrected chi connectivity index (χ3v) is 5.42. The number of para-hydroxylation sites is 1. The first-order valence-electron chi connectivity index (χ1n) is 6.97. The molecule has 2 aromatic carbocycles. The fourth-order valence-electron chi connectivity index (χ4n) is 3.20. The summed E-state index contributed by atoms with van der Waals surface area (Å²) in [5.41, 5.74) is 4.51. The van der Waals surface area contributed by atoms with Gasteiger partial charge in [-0.3, -0.25) is 0 Å². The molecule has 1 unspecified atom stereocenters. The third kappa shape index (κ3) is 2.04. The molecule has 96 valence electrons. The van der Waals surface area contributed by atoms with Crippen molar-refractivity contribution in [3.63, 3.8) is 0 Å². The molecule has 2 heterocycles. The van der Waals surface area contributed by atoms with Crippen LogP contribution in [-0.2, 0) is 12.8 Å². The summed E-state index contributed by atoms with van der Waals surface area (Å²) in [5, 5.41) is 0.712. The number of hydrogen-bond donors (Lipinski definition) is 0. The van der Waals surface area contributed by atoms with Crippen molar-refractivity contribution in [1.29, 1.82) is 0 Å². The Kier molecular flexibility index (Phi) is 2.77. The fourth-order valence-corrected chi connectivity index (χ4v) is 4.53. The molecule has 2 aliphatic heterocycles. The van der Waals surface area contributed by atoms with Gasteiger partial charge in [0.25, 0.3) is 0 Å². The van der Waals surface area contributed by atoms with Crippen LogP contribution in [0.3, 0.4) is 0 Å². The first-order chi connectivity index (χ1) is 9.40. The van der Waals surface area contributed by atoms with Gasteiger partial charge in [0.15, 0.2) is 0 Å². The zero-order chi connectivity index (χ0) is 12.7. The van der Waals surface area contributed by atoms with Gasteiger partial charge in [-0.05, 0) is 36.1 Å². The van der Waals surface area contributed by atoms with Crippen LogP contribution >= 0.6 is 11.8 Å². The molecule has 0 N–H and O–H groups in total. The van der Waals surface area contributed by atoms with Gasteiger partial charge in [0.2, 0.25) is 0 Å². The molecule has 2 aliphatic rings. The molecule has 2 heteroatoms. The van der Waals surface area contributed by atoms with Gasteiger partial charge in [-0.15, -0.1) is 11.8 Å². The molecule has 19 heavy (non-hydrogen) atoms. The van der Waals surface area contributed by atoms with Crippen molar-refractivity contribution in [3.05, 3.63) is 59.7 Å². The van der Waals surface area contributed by atoms with Crippen molar-refractivity contribution in [2.75, 3.05) is 18.0 Å². The van der Waals surface area contributed by atoms with E-state index in [4.69, 9.17) is 0 Å². The van der Waals surface area contributed by atoms with Crippen LogP contribution in [0.1, 0.15) is 11.1 Å². The molecule has 0 spiro atoms. The summed E-state index contributed by atoms with van der Waals surface area (Å²) < 4.78 is 0. The quantitative estimate of drug-likeness (QED) is 0.815. The summed E-state index contributed by atoms with van der Waals surface area (Å²) in [5.74, 6) is 0. The molecule has 0 bridgehead atoms. The lowest BCUT2D eigenvalue weighted by atomic mass is 10.1. The summed E-state index contributed by atoms with van der Waals surface area (Å²) in [4.78, 5) is 4.05. The summed E-state index contributed by atoms with van der Waals surface area (Å²) in [7, 11) is 0. The van der Waals surface area contributed by atoms with Crippen molar-refractivity contribution < 1.29 is 0 Å². The molecule has 1 atom stereocenters. The minimum atomic E-state index is 0.712. The molecule has 0 radical (unpaired) electrons. The van der Waals surface area contributed by atoms with E-state index in [0.29, 0.717) is 5.25 Å². The van der Waals surface area contributed by atoms with Crippen molar-refractivity contribution in [1.82, 2.24) is 0 Å². The van der Waals surface area contributed by atoms with Gasteiger partial charge in [-0.2, -0.15) is 0 Å². The molecule has 0 fully saturated rings. The van der Waals surface area contributed by atoms with Crippen molar-refractivity contribution in [2.24, 2.45) is 0 Å². The van der Waals surface area contributed by atoms with Gasteiger partial charge >= 0.3 is 0 Å². The standard InChI is InChI=1S/C17H17NS/c1-3-7-16-13(5-1)9-10-18(16)12-15-11-14-6-2-4-8-17(14)19-15/h1-8,15H,9-12H2. The summed E-state index contributed by atoms with van der Waals surface area (Å²) in [6, 6.07) is 17.7. The lowest BCUT2D eigenvalue weighted by Gasteiger charge is -2.22. The predicted molar refractivity (Wildman–Crippen MR) is 82.2 cm³/mol. The van der Waals surface area contributed by atoms with Gasteiger partial charge in [0.05, 0.1) is 0 Å². The molecule has 4 rings (SSSR count). The van der Waals surface area contributed by atoms with Crippen molar-refractivity contribution in [3.8, 4) is 0 Å². The highest BCUT2D eigenvalue weighted by molar-refractivity contribution is 8.00. The Bertz CT molecular complexity index is 583. The molecule has 1 nitrogen and oxygen atoms in total. The molecule has 0 saturated heterocycles. The second kappa shape index (κ2) is 4.61. The number of fused-ring (bicyclic) bond motifs is 2. The molecule has 0 amide bonds. The SMILES string of the molecule is c1ccc2c(c1)CC(CN1CCc3ccccc31)S2. The average molecular weight is 267 g/mol. The number of anilines is 1. The van der Waals surface area contributed by atoms with Crippen LogP contribution in [0.2, 0.25) is 0 Å². The van der Waals surface area contributed by atoms with Crippen LogP contribution in [0.4, 0.5) is 5.69 Å². The zero-order valence-electron chi connectivity index (χ0n) is 10.9. The van der Waals surface area contributed by atoms with Crippen LogP contribution < -0.4 is 4.90 Å². The van der Waals surface area contributed by atoms with Gasteiger partial charge in [0, 0.05) is 28.9 Å². The third-order valence-electron chi connectivity index (χ3n) is 4.12. The minimum Gasteiger partial charge on any atom is -0.370 e. The molecular weight excluding hydrogens is 250 g/mol. The van der Waals surface area contributed by atoms with Gasteiger partial charge in [-0.25, -0.2) is 0 Å². The largest absolute Gasteiger partial charge is 0.370 e. The zero-order valence-corrected chi connectivity index (χ0v) is 11.7. The maximum Gasteiger partial charge on any atom is 0.0399 e. The normalized spacial score (nSPS) is 20.4. The second-order valence-corrected chi connectivity index (χ2v) is 6.72. The Balaban J connectivity index is 1.50. The van der Waals surface area contributed by atoms with Crippen LogP contribution in [0.15, 0.2) is 53.4 Å². The highest BCUT2D eigenvalue weighted by Crippen LogP contribution is 2.38. The highest BCUT2D eigenvalue weighted by atomic mass is 32.2. The summed E-state index contributed by atoms with van der Waals surface area (Å²) in [6.45, 7) is 2.36. The van der Waals surface area contributed by atoms with E-state index in [9.17, 15) is 0 Å². The van der Waals surface area contributed by atoms with E-state index in [1.54, 1.807) is 0 Å². The maximum atomic E-state index is 2.57. The Morgan fingerprint density at radius 3 is 2.68 bits per heavy atom. The fraction of sp³-hybridized carbons (Fsp3) is 0.294. The van der Waals surface area contributed by atoms with Crippen LogP contribution in [-0.4, -0.2) is 18.3 Å². The van der Waals surface area contributed by atoms with Gasteiger partial charge < -0.3 is 4.90 Å². The van der Waals surface area contributed by atoms with Crippen molar-refractivity contribution >= 4 is 17.4 Å². The Morgan fingerprint density at radius 1 is 1.00 bits per heavy atom. The molecular formula is C17H17NS. The highest BCUT2D eigenvalue weighted by Gasteiger charge is 2.26. The molecule has 0 aromatic heterocycles. The van der Waals surface area contributed by atoms with E-state index in [-0.39, 0.29) is 0 Å². The Hall–Kier alpha value is -1.41. The Labute approximate surface area is 118 Å². The van der Waals surface area contributed by atoms with Gasteiger partial charge in [-0.1, -0.05) is 36.4 Å². The number of nitrogens with zero attached hydrogens (tertiary/aromatic N) is 1. The van der Waals surface area contributed by atoms with Crippen LogP contribution in [0, 0.1) is 0 Å². The van der Waals surface area contributed by atoms with E-state index < -0.39 is 0 Å². The predicted octanol–water partition coefficient (Wildman–Crippen LogP) is 3.77. The van der Waals surface area contributed by atoms with Crippen LogP contribution in [0.5, 0.6) is 0 Å². The molecule has 0 aliphatic carbocycles. The van der Waals surface area contributed by atoms with Gasteiger partial charge in [0.1, 0.15) is 0 Å². The van der Waals surface area contributed by atoms with Crippen LogP contribution in [0.25, 0.3) is 0 Å². The Morgan fingerprint density at radius 2 is 1.79 bits per heavy atom. The average Bonchev–Trinajstić information content (AvgIpc) is 3.03. The first kappa shape index (κ1) is 11.4. The second-order valence-electron chi connectivity index (χ2n) is 5.38. The number of hydrogen-bond acceptors (Lipinski definition) is 2. The van der Waals surface area contributed by atoms with E-state index >= 15 is 0 Å². The number of rotatable bonds is 2. The molecule has 0 saturated carbocycles. The number of thioether (sulfide) groups is 1. The maximum absolute atomic E-state index is 2.57. The molecule has 2 aromatic rings. The van der Waals surface area contributed by atoms with E-state index in [1.807, 2.05) is 0 Å². The van der Waals surface area contributed by atoms with E-state index in [0.717, 1.165) is 0 Å².